The number of fused-ring (bicyclic) bond motifs is 1. The van der Waals surface area contributed by atoms with Crippen LogP contribution < -0.4 is 5.56 Å². The van der Waals surface area contributed by atoms with Gasteiger partial charge in [-0.2, -0.15) is 11.8 Å². The molecular weight excluding hydrogens is 348 g/mol. The van der Waals surface area contributed by atoms with Crippen LogP contribution in [0.4, 0.5) is 0 Å². The predicted molar refractivity (Wildman–Crippen MR) is 107 cm³/mol. The summed E-state index contributed by atoms with van der Waals surface area (Å²) in [5, 5.41) is 0.596. The molecule has 1 atom stereocenters. The SMILES string of the molecule is CN(C)CC1CSCCCN1C(=O)CCn1cnc2ccccc2c1=O. The molecule has 1 unspecified atom stereocenters. The van der Waals surface area contributed by atoms with E-state index in [9.17, 15) is 9.59 Å². The molecular formula is C19H26N4O2S. The Balaban J connectivity index is 1.71. The summed E-state index contributed by atoms with van der Waals surface area (Å²) in [7, 11) is 4.08. The Labute approximate surface area is 158 Å². The van der Waals surface area contributed by atoms with Gasteiger partial charge >= 0.3 is 0 Å². The molecule has 7 heteroatoms. The number of benzene rings is 1. The van der Waals surface area contributed by atoms with Crippen molar-refractivity contribution >= 4 is 28.6 Å². The maximum absolute atomic E-state index is 12.9. The zero-order valence-electron chi connectivity index (χ0n) is 15.4. The number of para-hydroxylation sites is 1. The van der Waals surface area contributed by atoms with Crippen LogP contribution in [0.3, 0.4) is 0 Å². The first-order valence-electron chi connectivity index (χ1n) is 9.02. The van der Waals surface area contributed by atoms with Crippen LogP contribution in [0.5, 0.6) is 0 Å². The van der Waals surface area contributed by atoms with Crippen LogP contribution in [0.1, 0.15) is 12.8 Å². The molecule has 1 aliphatic heterocycles. The smallest absolute Gasteiger partial charge is 0.261 e. The van der Waals surface area contributed by atoms with Gasteiger partial charge in [-0.3, -0.25) is 14.2 Å². The van der Waals surface area contributed by atoms with Gasteiger partial charge in [0.25, 0.3) is 5.56 Å². The molecule has 26 heavy (non-hydrogen) atoms. The Morgan fingerprint density at radius 3 is 2.96 bits per heavy atom. The highest BCUT2D eigenvalue weighted by molar-refractivity contribution is 7.99. The standard InChI is InChI=1S/C19H26N4O2S/c1-21(2)12-15-13-26-11-5-9-23(15)18(24)8-10-22-14-20-17-7-4-3-6-16(17)19(22)25/h3-4,6-7,14-15H,5,8-13H2,1-2H3. The minimum Gasteiger partial charge on any atom is -0.338 e. The fraction of sp³-hybridized carbons (Fsp3) is 0.526. The molecule has 0 N–H and O–H groups in total. The number of amides is 1. The van der Waals surface area contributed by atoms with Gasteiger partial charge in [-0.05, 0) is 38.4 Å². The third-order valence-corrected chi connectivity index (χ3v) is 5.83. The Morgan fingerprint density at radius 1 is 1.35 bits per heavy atom. The van der Waals surface area contributed by atoms with E-state index in [1.807, 2.05) is 49.0 Å². The number of hydrogen-bond acceptors (Lipinski definition) is 5. The van der Waals surface area contributed by atoms with Crippen LogP contribution in [0, 0.1) is 0 Å². The summed E-state index contributed by atoms with van der Waals surface area (Å²) in [6.45, 7) is 2.04. The number of carbonyl (C=O) groups is 1. The van der Waals surface area contributed by atoms with Gasteiger partial charge in [0, 0.05) is 31.8 Å². The van der Waals surface area contributed by atoms with E-state index in [2.05, 4.69) is 9.88 Å². The third-order valence-electron chi connectivity index (χ3n) is 4.63. The molecule has 0 radical (unpaired) electrons. The molecule has 0 bridgehead atoms. The molecule has 3 rings (SSSR count). The normalized spacial score (nSPS) is 18.3. The first-order chi connectivity index (χ1) is 12.6. The molecule has 1 aromatic heterocycles. The molecule has 1 aliphatic rings. The quantitative estimate of drug-likeness (QED) is 0.797. The molecule has 2 aromatic rings. The summed E-state index contributed by atoms with van der Waals surface area (Å²) in [5.41, 5.74) is 0.607. The maximum atomic E-state index is 12.9. The highest BCUT2D eigenvalue weighted by atomic mass is 32.2. The number of thioether (sulfide) groups is 1. The van der Waals surface area contributed by atoms with E-state index in [1.165, 1.54) is 0 Å². The average Bonchev–Trinajstić information content (AvgIpc) is 2.86. The maximum Gasteiger partial charge on any atom is 0.261 e. The van der Waals surface area contributed by atoms with Crippen molar-refractivity contribution in [1.29, 1.82) is 0 Å². The summed E-state index contributed by atoms with van der Waals surface area (Å²) in [5.74, 6) is 2.20. The van der Waals surface area contributed by atoms with Crippen molar-refractivity contribution in [3.63, 3.8) is 0 Å². The molecule has 0 spiro atoms. The number of carbonyl (C=O) groups excluding carboxylic acids is 1. The van der Waals surface area contributed by atoms with Crippen LogP contribution in [0.15, 0.2) is 35.4 Å². The van der Waals surface area contributed by atoms with Crippen molar-refractivity contribution < 1.29 is 4.79 Å². The van der Waals surface area contributed by atoms with E-state index >= 15 is 0 Å². The van der Waals surface area contributed by atoms with Gasteiger partial charge in [-0.25, -0.2) is 4.98 Å². The van der Waals surface area contributed by atoms with Crippen molar-refractivity contribution in [2.24, 2.45) is 0 Å². The molecule has 1 saturated heterocycles. The van der Waals surface area contributed by atoms with Crippen molar-refractivity contribution in [2.45, 2.75) is 25.4 Å². The van der Waals surface area contributed by atoms with Gasteiger partial charge in [0.05, 0.1) is 23.3 Å². The fourth-order valence-corrected chi connectivity index (χ4v) is 4.41. The Kier molecular flexibility index (Phi) is 6.32. The molecule has 1 fully saturated rings. The monoisotopic (exact) mass is 374 g/mol. The topological polar surface area (TPSA) is 58.4 Å². The first kappa shape index (κ1) is 18.9. The van der Waals surface area contributed by atoms with Crippen LogP contribution in [0.2, 0.25) is 0 Å². The average molecular weight is 375 g/mol. The van der Waals surface area contributed by atoms with Gasteiger partial charge in [0.15, 0.2) is 0 Å². The van der Waals surface area contributed by atoms with Crippen molar-refractivity contribution in [1.82, 2.24) is 19.4 Å². The van der Waals surface area contributed by atoms with E-state index in [0.717, 1.165) is 31.0 Å². The van der Waals surface area contributed by atoms with Crippen molar-refractivity contribution in [2.75, 3.05) is 38.7 Å². The summed E-state index contributed by atoms with van der Waals surface area (Å²) < 4.78 is 1.55. The minimum atomic E-state index is -0.0836. The zero-order valence-corrected chi connectivity index (χ0v) is 16.2. The Hall–Kier alpha value is -1.86. The summed E-state index contributed by atoms with van der Waals surface area (Å²) in [4.78, 5) is 33.9. The molecule has 0 saturated carbocycles. The highest BCUT2D eigenvalue weighted by Crippen LogP contribution is 2.18. The molecule has 6 nitrogen and oxygen atoms in total. The van der Waals surface area contributed by atoms with Gasteiger partial charge in [0.2, 0.25) is 5.91 Å². The Morgan fingerprint density at radius 2 is 2.15 bits per heavy atom. The zero-order chi connectivity index (χ0) is 18.5. The lowest BCUT2D eigenvalue weighted by Gasteiger charge is -2.31. The number of aromatic nitrogens is 2. The second kappa shape index (κ2) is 8.68. The van der Waals surface area contributed by atoms with E-state index in [1.54, 1.807) is 17.0 Å². The number of aryl methyl sites for hydroxylation is 1. The molecule has 1 amide bonds. The van der Waals surface area contributed by atoms with E-state index in [4.69, 9.17) is 0 Å². The van der Waals surface area contributed by atoms with Crippen LogP contribution in [0.25, 0.3) is 10.9 Å². The number of likely N-dealkylation sites (N-methyl/N-ethyl adjacent to an activating group) is 1. The van der Waals surface area contributed by atoms with Gasteiger partial charge < -0.3 is 9.80 Å². The molecule has 2 heterocycles. The number of rotatable bonds is 5. The van der Waals surface area contributed by atoms with E-state index in [0.29, 0.717) is 23.9 Å². The molecule has 0 aliphatic carbocycles. The lowest BCUT2D eigenvalue weighted by molar-refractivity contribution is -0.133. The first-order valence-corrected chi connectivity index (χ1v) is 10.2. The lowest BCUT2D eigenvalue weighted by Crippen LogP contribution is -2.47. The fourth-order valence-electron chi connectivity index (χ4n) is 3.36. The third kappa shape index (κ3) is 4.45. The van der Waals surface area contributed by atoms with E-state index < -0.39 is 0 Å². The van der Waals surface area contributed by atoms with E-state index in [-0.39, 0.29) is 17.5 Å². The summed E-state index contributed by atoms with van der Waals surface area (Å²) in [6.07, 6.45) is 2.90. The predicted octanol–water partition coefficient (Wildman–Crippen LogP) is 1.68. The highest BCUT2D eigenvalue weighted by Gasteiger charge is 2.25. The largest absolute Gasteiger partial charge is 0.338 e. The second-order valence-corrected chi connectivity index (χ2v) is 8.09. The van der Waals surface area contributed by atoms with Gasteiger partial charge in [-0.1, -0.05) is 12.1 Å². The minimum absolute atomic E-state index is 0.0836. The Bertz CT molecular complexity index is 821. The second-order valence-electron chi connectivity index (χ2n) is 6.94. The molecule has 1 aromatic carbocycles. The molecule has 140 valence electrons. The van der Waals surface area contributed by atoms with Crippen molar-refractivity contribution in [3.8, 4) is 0 Å². The van der Waals surface area contributed by atoms with Crippen LogP contribution in [-0.4, -0.2) is 70.0 Å². The van der Waals surface area contributed by atoms with Gasteiger partial charge in [-0.15, -0.1) is 0 Å². The summed E-state index contributed by atoms with van der Waals surface area (Å²) in [6, 6.07) is 7.54. The van der Waals surface area contributed by atoms with Gasteiger partial charge in [0.1, 0.15) is 0 Å². The summed E-state index contributed by atoms with van der Waals surface area (Å²) >= 11 is 1.92. The van der Waals surface area contributed by atoms with Crippen LogP contribution in [-0.2, 0) is 11.3 Å². The number of nitrogens with zero attached hydrogens (tertiary/aromatic N) is 4. The number of hydrogen-bond donors (Lipinski definition) is 0. The van der Waals surface area contributed by atoms with Crippen molar-refractivity contribution in [3.05, 3.63) is 40.9 Å². The lowest BCUT2D eigenvalue weighted by atomic mass is 10.2. The van der Waals surface area contributed by atoms with Crippen LogP contribution >= 0.6 is 11.8 Å².